The van der Waals surface area contributed by atoms with Crippen LogP contribution in [-0.4, -0.2) is 30.2 Å². The molecule has 0 fully saturated rings. The Morgan fingerprint density at radius 1 is 1.48 bits per heavy atom. The molecule has 1 heterocycles. The first kappa shape index (κ1) is 19.8. The predicted octanol–water partition coefficient (Wildman–Crippen LogP) is 2.79. The average molecular weight is 358 g/mol. The number of rotatable bonds is 6. The van der Waals surface area contributed by atoms with Crippen LogP contribution in [0, 0.1) is 0 Å². The molecule has 0 saturated carbocycles. The van der Waals surface area contributed by atoms with Gasteiger partial charge in [0.1, 0.15) is 0 Å². The third-order valence-corrected chi connectivity index (χ3v) is 4.70. The van der Waals surface area contributed by atoms with Crippen LogP contribution in [0.2, 0.25) is 0 Å². The van der Waals surface area contributed by atoms with E-state index in [9.17, 15) is 9.59 Å². The Bertz CT molecular complexity index is 554. The molecule has 128 valence electrons. The van der Waals surface area contributed by atoms with Crippen molar-refractivity contribution in [2.24, 2.45) is 5.73 Å². The molecule has 0 aromatic heterocycles. The molecule has 5 nitrogen and oxygen atoms in total. The highest BCUT2D eigenvalue weighted by Gasteiger charge is 2.17. The minimum atomic E-state index is -0.141. The molecule has 1 atom stereocenters. The fourth-order valence-corrected chi connectivity index (χ4v) is 3.27. The van der Waals surface area contributed by atoms with Crippen molar-refractivity contribution in [3.05, 3.63) is 23.8 Å². The van der Waals surface area contributed by atoms with Crippen LogP contribution in [0.25, 0.3) is 0 Å². The van der Waals surface area contributed by atoms with Crippen LogP contribution in [0.1, 0.15) is 43.0 Å². The highest BCUT2D eigenvalue weighted by molar-refractivity contribution is 7.99. The summed E-state index contributed by atoms with van der Waals surface area (Å²) < 4.78 is 0. The molecule has 4 N–H and O–H groups in total. The summed E-state index contributed by atoms with van der Waals surface area (Å²) >= 11 is 1.63. The molecule has 23 heavy (non-hydrogen) atoms. The van der Waals surface area contributed by atoms with Gasteiger partial charge in [-0.2, -0.15) is 0 Å². The normalized spacial score (nSPS) is 14.8. The number of nitrogens with two attached hydrogens (primary N) is 1. The Hall–Kier alpha value is -1.24. The lowest BCUT2D eigenvalue weighted by Gasteiger charge is -2.17. The first-order chi connectivity index (χ1) is 10.6. The molecule has 7 heteroatoms. The summed E-state index contributed by atoms with van der Waals surface area (Å²) in [5, 5.41) is 5.82. The smallest absolute Gasteiger partial charge is 0.251 e. The van der Waals surface area contributed by atoms with Crippen LogP contribution in [0.15, 0.2) is 23.1 Å². The first-order valence-electron chi connectivity index (χ1n) is 7.71. The van der Waals surface area contributed by atoms with Crippen LogP contribution in [0.5, 0.6) is 0 Å². The number of unbranched alkanes of at least 4 members (excludes halogenated alkanes) is 1. The zero-order valence-electron chi connectivity index (χ0n) is 13.3. The van der Waals surface area contributed by atoms with E-state index in [0.29, 0.717) is 18.5 Å². The third kappa shape index (κ3) is 5.71. The highest BCUT2D eigenvalue weighted by Crippen LogP contribution is 2.31. The van der Waals surface area contributed by atoms with Crippen molar-refractivity contribution >= 4 is 41.7 Å². The Morgan fingerprint density at radius 3 is 2.96 bits per heavy atom. The van der Waals surface area contributed by atoms with Crippen LogP contribution in [-0.2, 0) is 4.79 Å². The SMILES string of the molecule is CCCCC(CN)NC(=O)c1ccc2c(c1)NC(=O)CCS2.Cl. The molecule has 1 aliphatic rings. The fourth-order valence-electron chi connectivity index (χ4n) is 2.33. The number of amides is 2. The van der Waals surface area contributed by atoms with E-state index in [0.717, 1.165) is 35.6 Å². The number of hydrogen-bond acceptors (Lipinski definition) is 4. The summed E-state index contributed by atoms with van der Waals surface area (Å²) in [4.78, 5) is 25.0. The van der Waals surface area contributed by atoms with Gasteiger partial charge in [0, 0.05) is 35.2 Å². The van der Waals surface area contributed by atoms with Crippen LogP contribution < -0.4 is 16.4 Å². The summed E-state index contributed by atoms with van der Waals surface area (Å²) in [5.41, 5.74) is 6.99. The van der Waals surface area contributed by atoms with E-state index >= 15 is 0 Å². The van der Waals surface area contributed by atoms with Gasteiger partial charge in [0.05, 0.1) is 5.69 Å². The van der Waals surface area contributed by atoms with Crippen LogP contribution >= 0.6 is 24.2 Å². The number of fused-ring (bicyclic) bond motifs is 1. The van der Waals surface area contributed by atoms with Gasteiger partial charge in [-0.3, -0.25) is 9.59 Å². The number of anilines is 1. The topological polar surface area (TPSA) is 84.2 Å². The number of nitrogens with one attached hydrogen (secondary N) is 2. The molecule has 1 aromatic rings. The third-order valence-electron chi connectivity index (χ3n) is 3.63. The van der Waals surface area contributed by atoms with Crippen molar-refractivity contribution in [1.29, 1.82) is 0 Å². The molecule has 0 saturated heterocycles. The van der Waals surface area contributed by atoms with Gasteiger partial charge in [-0.15, -0.1) is 24.2 Å². The van der Waals surface area contributed by atoms with E-state index in [1.54, 1.807) is 23.9 Å². The first-order valence-corrected chi connectivity index (χ1v) is 8.70. The van der Waals surface area contributed by atoms with Crippen molar-refractivity contribution in [3.63, 3.8) is 0 Å². The van der Waals surface area contributed by atoms with Gasteiger partial charge in [0.25, 0.3) is 5.91 Å². The zero-order valence-corrected chi connectivity index (χ0v) is 14.9. The number of hydrogen-bond donors (Lipinski definition) is 3. The Balaban J connectivity index is 0.00000264. The van der Waals surface area contributed by atoms with Crippen molar-refractivity contribution < 1.29 is 9.59 Å². The van der Waals surface area contributed by atoms with Gasteiger partial charge in [0.15, 0.2) is 0 Å². The van der Waals surface area contributed by atoms with Gasteiger partial charge in [0.2, 0.25) is 5.91 Å². The summed E-state index contributed by atoms with van der Waals surface area (Å²) in [6, 6.07) is 5.43. The molecule has 0 bridgehead atoms. The zero-order chi connectivity index (χ0) is 15.9. The van der Waals surface area contributed by atoms with Crippen molar-refractivity contribution in [2.75, 3.05) is 17.6 Å². The van der Waals surface area contributed by atoms with E-state index in [-0.39, 0.29) is 30.3 Å². The molecular formula is C16H24ClN3O2S. The van der Waals surface area contributed by atoms with E-state index in [1.807, 2.05) is 6.07 Å². The Kier molecular flexibility index (Phi) is 8.44. The molecular weight excluding hydrogens is 334 g/mol. The van der Waals surface area contributed by atoms with E-state index in [1.165, 1.54) is 0 Å². The Labute approximate surface area is 147 Å². The summed E-state index contributed by atoms with van der Waals surface area (Å²) in [7, 11) is 0. The average Bonchev–Trinajstić information content (AvgIpc) is 2.70. The summed E-state index contributed by atoms with van der Waals surface area (Å²) in [5.74, 6) is 0.612. The number of carbonyl (C=O) groups excluding carboxylic acids is 2. The van der Waals surface area contributed by atoms with Crippen LogP contribution in [0.4, 0.5) is 5.69 Å². The molecule has 0 spiro atoms. The second-order valence-corrected chi connectivity index (χ2v) is 6.54. The Morgan fingerprint density at radius 2 is 2.26 bits per heavy atom. The molecule has 2 rings (SSSR count). The maximum absolute atomic E-state index is 12.3. The maximum Gasteiger partial charge on any atom is 0.251 e. The van der Waals surface area contributed by atoms with E-state index in [2.05, 4.69) is 17.6 Å². The number of thioether (sulfide) groups is 1. The van der Waals surface area contributed by atoms with Gasteiger partial charge >= 0.3 is 0 Å². The second-order valence-electron chi connectivity index (χ2n) is 5.41. The maximum atomic E-state index is 12.3. The minimum absolute atomic E-state index is 0. The molecule has 0 radical (unpaired) electrons. The van der Waals surface area contributed by atoms with Gasteiger partial charge in [-0.25, -0.2) is 0 Å². The van der Waals surface area contributed by atoms with Crippen molar-refractivity contribution in [1.82, 2.24) is 5.32 Å². The molecule has 2 amide bonds. The van der Waals surface area contributed by atoms with Gasteiger partial charge in [-0.05, 0) is 24.6 Å². The van der Waals surface area contributed by atoms with Gasteiger partial charge < -0.3 is 16.4 Å². The number of carbonyl (C=O) groups is 2. The van der Waals surface area contributed by atoms with Crippen molar-refractivity contribution in [3.8, 4) is 0 Å². The molecule has 1 aromatic carbocycles. The standard InChI is InChI=1S/C16H23N3O2S.ClH/c1-2-3-4-12(10-17)18-16(21)11-5-6-14-13(9-11)19-15(20)7-8-22-14;/h5-6,9,12H,2-4,7-8,10,17H2,1H3,(H,18,21)(H,19,20);1H. The lowest BCUT2D eigenvalue weighted by Crippen LogP contribution is -2.40. The minimum Gasteiger partial charge on any atom is -0.348 e. The lowest BCUT2D eigenvalue weighted by atomic mass is 10.1. The molecule has 0 aliphatic carbocycles. The van der Waals surface area contributed by atoms with E-state index in [4.69, 9.17) is 5.73 Å². The van der Waals surface area contributed by atoms with Crippen molar-refractivity contribution in [2.45, 2.75) is 43.5 Å². The molecule has 1 unspecified atom stereocenters. The number of benzene rings is 1. The fraction of sp³-hybridized carbons (Fsp3) is 0.500. The lowest BCUT2D eigenvalue weighted by molar-refractivity contribution is -0.115. The predicted molar refractivity (Wildman–Crippen MR) is 97.5 cm³/mol. The highest BCUT2D eigenvalue weighted by atomic mass is 35.5. The second kappa shape index (κ2) is 9.80. The largest absolute Gasteiger partial charge is 0.348 e. The summed E-state index contributed by atoms with van der Waals surface area (Å²) in [6.45, 7) is 2.55. The van der Waals surface area contributed by atoms with E-state index < -0.39 is 0 Å². The monoisotopic (exact) mass is 357 g/mol. The summed E-state index contributed by atoms with van der Waals surface area (Å²) in [6.07, 6.45) is 3.50. The number of halogens is 1. The quantitative estimate of drug-likeness (QED) is 0.730. The van der Waals surface area contributed by atoms with Gasteiger partial charge in [-0.1, -0.05) is 19.8 Å². The van der Waals surface area contributed by atoms with Crippen LogP contribution in [0.3, 0.4) is 0 Å². The molecule has 1 aliphatic heterocycles.